The third-order valence-electron chi connectivity index (χ3n) is 4.84. The summed E-state index contributed by atoms with van der Waals surface area (Å²) < 4.78 is 26.9. The Morgan fingerprint density at radius 3 is 2.62 bits per heavy atom. The van der Waals surface area contributed by atoms with Crippen molar-refractivity contribution in [1.29, 1.82) is 0 Å². The molecule has 1 aromatic rings. The average molecular weight is 294 g/mol. The molecule has 1 aliphatic heterocycles. The van der Waals surface area contributed by atoms with Crippen LogP contribution in [0.2, 0.25) is 0 Å². The van der Waals surface area contributed by atoms with Crippen molar-refractivity contribution in [2.75, 3.05) is 19.6 Å². The molecule has 1 atom stereocenters. The van der Waals surface area contributed by atoms with Gasteiger partial charge in [-0.05, 0) is 56.3 Å². The van der Waals surface area contributed by atoms with E-state index in [4.69, 9.17) is 0 Å². The van der Waals surface area contributed by atoms with Crippen molar-refractivity contribution in [3.8, 4) is 0 Å². The molecule has 1 saturated carbocycles. The summed E-state index contributed by atoms with van der Waals surface area (Å²) >= 11 is 0. The highest BCUT2D eigenvalue weighted by atomic mass is 19.1. The van der Waals surface area contributed by atoms with Crippen LogP contribution < -0.4 is 10.6 Å². The van der Waals surface area contributed by atoms with Crippen molar-refractivity contribution in [2.45, 2.75) is 25.7 Å². The van der Waals surface area contributed by atoms with Crippen molar-refractivity contribution in [2.24, 2.45) is 11.3 Å². The molecule has 2 aliphatic rings. The molecular weight excluding hydrogens is 274 g/mol. The Morgan fingerprint density at radius 2 is 1.95 bits per heavy atom. The van der Waals surface area contributed by atoms with Gasteiger partial charge in [0.15, 0.2) is 0 Å². The van der Waals surface area contributed by atoms with Crippen molar-refractivity contribution < 1.29 is 13.6 Å². The molecule has 1 unspecified atom stereocenters. The molecule has 0 aromatic heterocycles. The molecule has 1 heterocycles. The van der Waals surface area contributed by atoms with Crippen LogP contribution in [0.1, 0.15) is 24.8 Å². The number of amides is 1. The second-order valence-corrected chi connectivity index (χ2v) is 6.11. The highest BCUT2D eigenvalue weighted by molar-refractivity contribution is 5.82. The maximum absolute atomic E-state index is 13.5. The summed E-state index contributed by atoms with van der Waals surface area (Å²) in [5.41, 5.74) is 0.239. The summed E-state index contributed by atoms with van der Waals surface area (Å²) in [6.45, 7) is 2.23. The van der Waals surface area contributed by atoms with E-state index in [-0.39, 0.29) is 35.8 Å². The number of hydrogen-bond donors (Lipinski definition) is 2. The van der Waals surface area contributed by atoms with E-state index in [2.05, 4.69) is 10.6 Å². The van der Waals surface area contributed by atoms with E-state index < -0.39 is 11.6 Å². The van der Waals surface area contributed by atoms with E-state index in [1.807, 2.05) is 0 Å². The number of carbonyl (C=O) groups excluding carboxylic acids is 1. The van der Waals surface area contributed by atoms with E-state index in [1.165, 1.54) is 18.2 Å². The Morgan fingerprint density at radius 1 is 1.29 bits per heavy atom. The monoisotopic (exact) mass is 294 g/mol. The quantitative estimate of drug-likeness (QED) is 0.892. The Kier molecular flexibility index (Phi) is 3.93. The van der Waals surface area contributed by atoms with Crippen LogP contribution in [0, 0.1) is 23.0 Å². The number of hydrogen-bond acceptors (Lipinski definition) is 2. The minimum absolute atomic E-state index is 0.0358. The zero-order valence-corrected chi connectivity index (χ0v) is 11.9. The summed E-state index contributed by atoms with van der Waals surface area (Å²) in [6, 6.07) is 3.83. The smallest absolute Gasteiger partial charge is 0.223 e. The molecule has 21 heavy (non-hydrogen) atoms. The van der Waals surface area contributed by atoms with Crippen molar-refractivity contribution in [3.05, 3.63) is 35.4 Å². The van der Waals surface area contributed by atoms with E-state index in [0.717, 1.165) is 32.4 Å². The number of carbonyl (C=O) groups is 1. The Hall–Kier alpha value is -1.49. The van der Waals surface area contributed by atoms with Crippen molar-refractivity contribution in [1.82, 2.24) is 10.6 Å². The van der Waals surface area contributed by atoms with Crippen LogP contribution >= 0.6 is 0 Å². The Balaban J connectivity index is 1.49. The highest BCUT2D eigenvalue weighted by Gasteiger charge is 2.57. The van der Waals surface area contributed by atoms with Crippen molar-refractivity contribution >= 4 is 5.91 Å². The van der Waals surface area contributed by atoms with Gasteiger partial charge in [0.05, 0.1) is 0 Å². The van der Waals surface area contributed by atoms with Crippen molar-refractivity contribution in [3.63, 3.8) is 0 Å². The van der Waals surface area contributed by atoms with Gasteiger partial charge in [0.1, 0.15) is 11.6 Å². The maximum Gasteiger partial charge on any atom is 0.223 e. The van der Waals surface area contributed by atoms with Gasteiger partial charge in [-0.25, -0.2) is 8.78 Å². The van der Waals surface area contributed by atoms with Crippen LogP contribution in [-0.2, 0) is 11.2 Å². The van der Waals surface area contributed by atoms with Crippen LogP contribution in [0.4, 0.5) is 8.78 Å². The second-order valence-electron chi connectivity index (χ2n) is 6.11. The van der Waals surface area contributed by atoms with Crippen LogP contribution in [0.5, 0.6) is 0 Å². The number of rotatable bonds is 4. The van der Waals surface area contributed by atoms with Gasteiger partial charge in [0, 0.05) is 18.0 Å². The molecule has 5 heteroatoms. The normalized spacial score (nSPS) is 23.0. The van der Waals surface area contributed by atoms with Gasteiger partial charge >= 0.3 is 0 Å². The first-order valence-corrected chi connectivity index (χ1v) is 7.54. The van der Waals surface area contributed by atoms with E-state index in [1.54, 1.807) is 0 Å². The number of benzene rings is 1. The number of nitrogens with one attached hydrogen (secondary N) is 2. The maximum atomic E-state index is 13.5. The Bertz CT molecular complexity index is 521. The topological polar surface area (TPSA) is 41.1 Å². The summed E-state index contributed by atoms with van der Waals surface area (Å²) in [6.07, 6.45) is 3.24. The average Bonchev–Trinajstić information content (AvgIpc) is 3.16. The molecule has 0 radical (unpaired) electrons. The first-order valence-electron chi connectivity index (χ1n) is 7.54. The lowest BCUT2D eigenvalue weighted by atomic mass is 9.92. The van der Waals surface area contributed by atoms with Gasteiger partial charge < -0.3 is 10.6 Å². The fourth-order valence-corrected chi connectivity index (χ4v) is 3.40. The van der Waals surface area contributed by atoms with E-state index >= 15 is 0 Å². The summed E-state index contributed by atoms with van der Waals surface area (Å²) in [5.74, 6) is -0.977. The molecule has 3 nitrogen and oxygen atoms in total. The van der Waals surface area contributed by atoms with Crippen LogP contribution in [0.15, 0.2) is 18.2 Å². The molecule has 1 aromatic carbocycles. The zero-order valence-electron chi connectivity index (χ0n) is 11.9. The molecule has 114 valence electrons. The summed E-state index contributed by atoms with van der Waals surface area (Å²) in [4.78, 5) is 12.1. The molecule has 0 bridgehead atoms. The lowest BCUT2D eigenvalue weighted by Gasteiger charge is -2.23. The van der Waals surface area contributed by atoms with E-state index in [0.29, 0.717) is 0 Å². The zero-order chi connectivity index (χ0) is 14.9. The molecule has 1 spiro atoms. The summed E-state index contributed by atoms with van der Waals surface area (Å²) in [7, 11) is 0. The lowest BCUT2D eigenvalue weighted by molar-refractivity contribution is -0.123. The summed E-state index contributed by atoms with van der Waals surface area (Å²) in [5, 5.41) is 6.13. The van der Waals surface area contributed by atoms with Gasteiger partial charge in [-0.15, -0.1) is 0 Å². The first-order chi connectivity index (χ1) is 10.1. The predicted molar refractivity (Wildman–Crippen MR) is 75.7 cm³/mol. The Labute approximate surface area is 123 Å². The minimum atomic E-state index is -0.550. The molecule has 1 aliphatic carbocycles. The lowest BCUT2D eigenvalue weighted by Crippen LogP contribution is -2.34. The molecule has 1 saturated heterocycles. The van der Waals surface area contributed by atoms with Crippen LogP contribution in [-0.4, -0.2) is 25.5 Å². The van der Waals surface area contributed by atoms with Gasteiger partial charge in [-0.1, -0.05) is 6.07 Å². The van der Waals surface area contributed by atoms with Gasteiger partial charge in [-0.3, -0.25) is 4.79 Å². The van der Waals surface area contributed by atoms with Crippen LogP contribution in [0.25, 0.3) is 0 Å². The molecule has 2 N–H and O–H groups in total. The molecule has 1 amide bonds. The molecule has 2 fully saturated rings. The van der Waals surface area contributed by atoms with Crippen LogP contribution in [0.3, 0.4) is 0 Å². The SMILES string of the molecule is O=C(NCCc1c(F)cccc1F)C1CC12CCNCC2. The highest BCUT2D eigenvalue weighted by Crippen LogP contribution is 2.58. The fraction of sp³-hybridized carbons (Fsp3) is 0.562. The standard InChI is InChI=1S/C16H20F2N2O/c17-13-2-1-3-14(18)11(13)4-7-20-15(21)12-10-16(12)5-8-19-9-6-16/h1-3,12,19H,4-10H2,(H,20,21). The molecule has 3 rings (SSSR count). The minimum Gasteiger partial charge on any atom is -0.356 e. The fourth-order valence-electron chi connectivity index (χ4n) is 3.40. The molecular formula is C16H20F2N2O. The second kappa shape index (κ2) is 5.72. The third-order valence-corrected chi connectivity index (χ3v) is 4.84. The first kappa shape index (κ1) is 14.4. The van der Waals surface area contributed by atoms with E-state index in [9.17, 15) is 13.6 Å². The third kappa shape index (κ3) is 2.93. The number of piperidine rings is 1. The predicted octanol–water partition coefficient (Wildman–Crippen LogP) is 2.01. The van der Waals surface area contributed by atoms with Gasteiger partial charge in [-0.2, -0.15) is 0 Å². The number of halogens is 2. The largest absolute Gasteiger partial charge is 0.356 e. The van der Waals surface area contributed by atoms with Gasteiger partial charge in [0.2, 0.25) is 5.91 Å². The van der Waals surface area contributed by atoms with Gasteiger partial charge in [0.25, 0.3) is 0 Å².